The summed E-state index contributed by atoms with van der Waals surface area (Å²) in [5, 5.41) is 10.9. The molecule has 0 atom stereocenters. The van der Waals surface area contributed by atoms with Crippen molar-refractivity contribution in [1.29, 1.82) is 0 Å². The van der Waals surface area contributed by atoms with E-state index in [1.165, 1.54) is 12.1 Å². The third-order valence-electron chi connectivity index (χ3n) is 5.07. The second-order valence-electron chi connectivity index (χ2n) is 7.40. The van der Waals surface area contributed by atoms with Crippen molar-refractivity contribution in [2.75, 3.05) is 13.1 Å². The fourth-order valence-electron chi connectivity index (χ4n) is 3.54. The lowest BCUT2D eigenvalue weighted by atomic mass is 10.0. The molecule has 1 amide bonds. The highest BCUT2D eigenvalue weighted by atomic mass is 32.2. The number of benzene rings is 2. The topological polar surface area (TPSA) is 98.8 Å². The average molecular weight is 511 g/mol. The van der Waals surface area contributed by atoms with Gasteiger partial charge in [-0.1, -0.05) is 24.3 Å². The van der Waals surface area contributed by atoms with Gasteiger partial charge in [0.25, 0.3) is 0 Å². The Hall–Kier alpha value is -3.00. The summed E-state index contributed by atoms with van der Waals surface area (Å²) in [6.45, 7) is -0.118. The number of piperidine rings is 1. The van der Waals surface area contributed by atoms with Crippen molar-refractivity contribution in [2.24, 2.45) is 0 Å². The summed E-state index contributed by atoms with van der Waals surface area (Å²) < 4.78 is 111. The van der Waals surface area contributed by atoms with E-state index in [1.54, 1.807) is 0 Å². The van der Waals surface area contributed by atoms with Gasteiger partial charge < -0.3 is 19.5 Å². The van der Waals surface area contributed by atoms with E-state index in [9.17, 15) is 44.7 Å². The number of halogens is 6. The van der Waals surface area contributed by atoms with E-state index in [-0.39, 0.29) is 37.1 Å². The molecule has 0 radical (unpaired) electrons. The molecule has 1 fully saturated rings. The number of sulfonamides is 1. The normalized spacial score (nSPS) is 15.9. The van der Waals surface area contributed by atoms with Crippen molar-refractivity contribution in [1.82, 2.24) is 9.62 Å². The molecule has 186 valence electrons. The number of amides is 1. The number of rotatable bonds is 5. The number of nitrogens with one attached hydrogen (secondary N) is 1. The molecule has 1 N–H and O–H groups in total. The number of likely N-dealkylation sites (tertiary alicyclic amines) is 1. The van der Waals surface area contributed by atoms with Crippen LogP contribution in [0.1, 0.15) is 18.4 Å². The van der Waals surface area contributed by atoms with Gasteiger partial charge in [0.05, 0.1) is 10.5 Å². The van der Waals surface area contributed by atoms with Crippen LogP contribution in [0.3, 0.4) is 0 Å². The molecule has 1 aliphatic heterocycles. The van der Waals surface area contributed by atoms with Crippen molar-refractivity contribution < 1.29 is 49.4 Å². The maximum atomic E-state index is 13.8. The third kappa shape index (κ3) is 6.11. The Labute approximate surface area is 190 Å². The van der Waals surface area contributed by atoms with E-state index in [2.05, 4.69) is 9.46 Å². The van der Waals surface area contributed by atoms with E-state index >= 15 is 0 Å². The van der Waals surface area contributed by atoms with Crippen LogP contribution in [0.25, 0.3) is 11.1 Å². The molecule has 14 heteroatoms. The van der Waals surface area contributed by atoms with Crippen LogP contribution in [0, 0.1) is 0 Å². The van der Waals surface area contributed by atoms with E-state index in [0.717, 1.165) is 23.1 Å². The van der Waals surface area contributed by atoms with Crippen LogP contribution in [-0.2, 0) is 16.2 Å². The van der Waals surface area contributed by atoms with E-state index < -0.39 is 50.9 Å². The monoisotopic (exact) mass is 511 g/mol. The molecule has 0 unspecified atom stereocenters. The Bertz CT molecular complexity index is 1160. The van der Waals surface area contributed by atoms with Gasteiger partial charge in [-0.3, -0.25) is 0 Å². The zero-order valence-electron chi connectivity index (χ0n) is 17.1. The number of alkyl halides is 6. The average Bonchev–Trinajstić information content (AvgIpc) is 2.72. The van der Waals surface area contributed by atoms with Crippen LogP contribution in [0.4, 0.5) is 31.1 Å². The molecular weight excluding hydrogens is 494 g/mol. The summed E-state index contributed by atoms with van der Waals surface area (Å²) in [4.78, 5) is 10.7. The zero-order chi connectivity index (χ0) is 25.3. The van der Waals surface area contributed by atoms with Crippen molar-refractivity contribution in [3.05, 3.63) is 48.0 Å². The van der Waals surface area contributed by atoms with Gasteiger partial charge in [-0.25, -0.2) is 13.1 Å². The van der Waals surface area contributed by atoms with Crippen molar-refractivity contribution >= 4 is 16.1 Å². The summed E-state index contributed by atoms with van der Waals surface area (Å²) in [5.41, 5.74) is -2.24. The number of para-hydroxylation sites is 1. The number of hydrogen-bond donors (Lipinski definition) is 1. The molecule has 2 aromatic carbocycles. The lowest BCUT2D eigenvalue weighted by molar-refractivity contribution is -0.274. The number of carbonyl (C=O) groups excluding carboxylic acids is 1. The Morgan fingerprint density at radius 2 is 1.65 bits per heavy atom. The van der Waals surface area contributed by atoms with E-state index in [0.29, 0.717) is 12.1 Å². The highest BCUT2D eigenvalue weighted by molar-refractivity contribution is 7.89. The summed E-state index contributed by atoms with van der Waals surface area (Å²) >= 11 is 0. The fraction of sp³-hybridized carbons (Fsp3) is 0.350. The van der Waals surface area contributed by atoms with Crippen LogP contribution in [0.2, 0.25) is 0 Å². The maximum Gasteiger partial charge on any atom is 0.573 e. The molecule has 1 saturated heterocycles. The lowest BCUT2D eigenvalue weighted by Crippen LogP contribution is -2.50. The standard InChI is InChI=1S/C20H18F6N2O5S/c21-19(22,23)15-11-12(14-3-1-2-4-16(14)33-20(24,25)26)5-6-17(15)34(31,32)27-13-7-9-28(10-8-13)18(29)30/h1-6,11,13,27H,7-10H2,(H,29,30)/p-1. The molecular formula is C20H17F6N2O5S-. The van der Waals surface area contributed by atoms with Gasteiger partial charge in [-0.05, 0) is 36.6 Å². The Balaban J connectivity index is 1.96. The highest BCUT2D eigenvalue weighted by Crippen LogP contribution is 2.40. The second-order valence-corrected chi connectivity index (χ2v) is 9.08. The first-order valence-electron chi connectivity index (χ1n) is 9.72. The van der Waals surface area contributed by atoms with Gasteiger partial charge in [0, 0.05) is 24.7 Å². The number of nitrogens with zero attached hydrogens (tertiary/aromatic N) is 1. The number of hydrogen-bond acceptors (Lipinski definition) is 5. The summed E-state index contributed by atoms with van der Waals surface area (Å²) in [6, 6.07) is 5.73. The second kappa shape index (κ2) is 9.33. The predicted octanol–water partition coefficient (Wildman–Crippen LogP) is 3.36. The van der Waals surface area contributed by atoms with Crippen molar-refractivity contribution in [2.45, 2.75) is 36.3 Å². The minimum Gasteiger partial charge on any atom is -0.530 e. The molecule has 3 rings (SSSR count). The Morgan fingerprint density at radius 1 is 1.03 bits per heavy atom. The minimum absolute atomic E-state index is 0.0226. The molecule has 0 aromatic heterocycles. The molecule has 1 aliphatic rings. The third-order valence-corrected chi connectivity index (χ3v) is 6.65. The summed E-state index contributed by atoms with van der Waals surface area (Å²) in [6.07, 6.45) is -11.6. The molecule has 0 spiro atoms. The van der Waals surface area contributed by atoms with Crippen LogP contribution >= 0.6 is 0 Å². The quantitative estimate of drug-likeness (QED) is 0.621. The first-order valence-corrected chi connectivity index (χ1v) is 11.2. The Morgan fingerprint density at radius 3 is 2.21 bits per heavy atom. The number of carboxylic acid groups (broad SMARTS) is 1. The van der Waals surface area contributed by atoms with Crippen LogP contribution in [0.5, 0.6) is 5.75 Å². The molecule has 0 bridgehead atoms. The molecule has 7 nitrogen and oxygen atoms in total. The van der Waals surface area contributed by atoms with Gasteiger partial charge in [-0.15, -0.1) is 13.2 Å². The largest absolute Gasteiger partial charge is 0.573 e. The molecule has 34 heavy (non-hydrogen) atoms. The summed E-state index contributed by atoms with van der Waals surface area (Å²) in [7, 11) is -4.71. The van der Waals surface area contributed by atoms with Crippen molar-refractivity contribution in [3.63, 3.8) is 0 Å². The smallest absolute Gasteiger partial charge is 0.530 e. The maximum absolute atomic E-state index is 13.8. The van der Waals surface area contributed by atoms with Gasteiger partial charge in [0.15, 0.2) is 0 Å². The van der Waals surface area contributed by atoms with Crippen LogP contribution in [0.15, 0.2) is 47.4 Å². The van der Waals surface area contributed by atoms with Crippen molar-refractivity contribution in [3.8, 4) is 16.9 Å². The SMILES string of the molecule is O=C([O-])N1CCC(NS(=O)(=O)c2ccc(-c3ccccc3OC(F)(F)F)cc2C(F)(F)F)CC1. The van der Waals surface area contributed by atoms with Gasteiger partial charge in [0.2, 0.25) is 10.0 Å². The zero-order valence-corrected chi connectivity index (χ0v) is 17.9. The lowest BCUT2D eigenvalue weighted by Gasteiger charge is -2.33. The van der Waals surface area contributed by atoms with E-state index in [4.69, 9.17) is 0 Å². The fourth-order valence-corrected chi connectivity index (χ4v) is 5.05. The minimum atomic E-state index is -5.15. The molecule has 1 heterocycles. The number of carbonyl (C=O) groups is 1. The first-order chi connectivity index (χ1) is 15.7. The van der Waals surface area contributed by atoms with Crippen LogP contribution < -0.4 is 14.6 Å². The number of ether oxygens (including phenoxy) is 1. The van der Waals surface area contributed by atoms with Crippen LogP contribution in [-0.4, -0.2) is 44.9 Å². The Kier molecular flexibility index (Phi) is 7.03. The molecule has 0 aliphatic carbocycles. The molecule has 0 saturated carbocycles. The van der Waals surface area contributed by atoms with Gasteiger partial charge in [-0.2, -0.15) is 13.2 Å². The van der Waals surface area contributed by atoms with E-state index in [1.807, 2.05) is 0 Å². The predicted molar refractivity (Wildman–Crippen MR) is 104 cm³/mol. The highest BCUT2D eigenvalue weighted by Gasteiger charge is 2.39. The van der Waals surface area contributed by atoms with Gasteiger partial charge in [0.1, 0.15) is 11.8 Å². The van der Waals surface area contributed by atoms with Gasteiger partial charge >= 0.3 is 12.5 Å². The first kappa shape index (κ1) is 25.6. The molecule has 2 aromatic rings. The summed E-state index contributed by atoms with van der Waals surface area (Å²) in [5.74, 6) is -0.753.